The molecule has 6 heteroatoms. The second kappa shape index (κ2) is 8.27. The number of benzene rings is 2. The Hall–Kier alpha value is -2.18. The molecule has 0 unspecified atom stereocenters. The van der Waals surface area contributed by atoms with Crippen LogP contribution in [0.1, 0.15) is 18.1 Å². The Balaban J connectivity index is 1.56. The highest BCUT2D eigenvalue weighted by atomic mass is 32.2. The van der Waals surface area contributed by atoms with Crippen LogP contribution in [-0.4, -0.2) is 21.0 Å². The van der Waals surface area contributed by atoms with Crippen molar-refractivity contribution in [3.63, 3.8) is 0 Å². The fourth-order valence-electron chi connectivity index (χ4n) is 2.35. The zero-order valence-corrected chi connectivity index (χ0v) is 15.8. The van der Waals surface area contributed by atoms with Gasteiger partial charge in [-0.15, -0.1) is 0 Å². The fraction of sp³-hybridized carbons (Fsp3) is 0.211. The van der Waals surface area contributed by atoms with Crippen LogP contribution in [0.3, 0.4) is 0 Å². The molecule has 2 aromatic carbocycles. The first-order valence-corrected chi connectivity index (χ1v) is 9.83. The van der Waals surface area contributed by atoms with Gasteiger partial charge >= 0.3 is 0 Å². The first-order valence-electron chi connectivity index (χ1n) is 8.07. The van der Waals surface area contributed by atoms with Gasteiger partial charge in [0.25, 0.3) is 0 Å². The van der Waals surface area contributed by atoms with Crippen molar-refractivity contribution in [3.05, 3.63) is 59.7 Å². The van der Waals surface area contributed by atoms with Crippen LogP contribution < -0.4 is 5.32 Å². The van der Waals surface area contributed by atoms with E-state index < -0.39 is 0 Å². The van der Waals surface area contributed by atoms with Crippen LogP contribution >= 0.6 is 23.3 Å². The summed E-state index contributed by atoms with van der Waals surface area (Å²) in [7, 11) is 0. The number of nitrogens with zero attached hydrogens (tertiary/aromatic N) is 2. The molecule has 0 saturated heterocycles. The molecule has 128 valence electrons. The van der Waals surface area contributed by atoms with Crippen molar-refractivity contribution >= 4 is 34.9 Å². The van der Waals surface area contributed by atoms with Gasteiger partial charge in [0, 0.05) is 11.3 Å². The third-order valence-corrected chi connectivity index (χ3v) is 5.60. The number of nitrogens with one attached hydrogen (secondary N) is 1. The Morgan fingerprint density at radius 3 is 2.64 bits per heavy atom. The molecule has 1 aromatic heterocycles. The lowest BCUT2D eigenvalue weighted by atomic mass is 10.1. The van der Waals surface area contributed by atoms with Crippen LogP contribution in [0.4, 0.5) is 5.69 Å². The van der Waals surface area contributed by atoms with E-state index in [1.54, 1.807) is 0 Å². The quantitative estimate of drug-likeness (QED) is 0.634. The van der Waals surface area contributed by atoms with Crippen molar-refractivity contribution in [2.45, 2.75) is 24.6 Å². The fourth-order valence-corrected chi connectivity index (χ4v) is 3.76. The molecule has 1 amide bonds. The minimum absolute atomic E-state index is 0.0399. The second-order valence-corrected chi connectivity index (χ2v) is 7.56. The summed E-state index contributed by atoms with van der Waals surface area (Å²) in [6.07, 6.45) is 0.990. The molecule has 0 aliphatic carbocycles. The number of amides is 1. The molecule has 3 aromatic rings. The van der Waals surface area contributed by atoms with E-state index in [2.05, 4.69) is 21.6 Å². The minimum Gasteiger partial charge on any atom is -0.325 e. The van der Waals surface area contributed by atoms with E-state index in [4.69, 9.17) is 0 Å². The summed E-state index contributed by atoms with van der Waals surface area (Å²) in [5, 5.41) is 2.91. The lowest BCUT2D eigenvalue weighted by Crippen LogP contribution is -2.13. The van der Waals surface area contributed by atoms with E-state index in [0.717, 1.165) is 33.4 Å². The highest BCUT2D eigenvalue weighted by molar-refractivity contribution is 8.01. The van der Waals surface area contributed by atoms with Gasteiger partial charge in [0.15, 0.2) is 10.2 Å². The smallest absolute Gasteiger partial charge is 0.234 e. The summed E-state index contributed by atoms with van der Waals surface area (Å²) in [4.78, 5) is 16.6. The summed E-state index contributed by atoms with van der Waals surface area (Å²) in [6.45, 7) is 4.15. The average molecular weight is 370 g/mol. The Kier molecular flexibility index (Phi) is 5.83. The van der Waals surface area contributed by atoms with E-state index in [-0.39, 0.29) is 5.91 Å². The van der Waals surface area contributed by atoms with Crippen LogP contribution in [0, 0.1) is 6.92 Å². The van der Waals surface area contributed by atoms with Gasteiger partial charge in [0.1, 0.15) is 0 Å². The molecular weight excluding hydrogens is 350 g/mol. The molecule has 0 spiro atoms. The van der Waals surface area contributed by atoms with Crippen LogP contribution in [0.25, 0.3) is 11.4 Å². The highest BCUT2D eigenvalue weighted by Crippen LogP contribution is 2.27. The van der Waals surface area contributed by atoms with Gasteiger partial charge in [-0.2, -0.15) is 4.37 Å². The number of thioether (sulfide) groups is 1. The van der Waals surface area contributed by atoms with Gasteiger partial charge in [0.05, 0.1) is 5.75 Å². The lowest BCUT2D eigenvalue weighted by molar-refractivity contribution is -0.113. The Morgan fingerprint density at radius 2 is 1.92 bits per heavy atom. The van der Waals surface area contributed by atoms with Crippen molar-refractivity contribution in [1.29, 1.82) is 0 Å². The Labute approximate surface area is 155 Å². The number of aryl methyl sites for hydroxylation is 2. The van der Waals surface area contributed by atoms with Crippen molar-refractivity contribution < 1.29 is 4.79 Å². The van der Waals surface area contributed by atoms with Crippen LogP contribution in [0.5, 0.6) is 0 Å². The van der Waals surface area contributed by atoms with E-state index >= 15 is 0 Å². The number of hydrogen-bond donors (Lipinski definition) is 1. The third kappa shape index (κ3) is 4.67. The van der Waals surface area contributed by atoms with Crippen molar-refractivity contribution in [1.82, 2.24) is 9.36 Å². The molecule has 0 radical (unpaired) electrons. The van der Waals surface area contributed by atoms with E-state index in [1.165, 1.54) is 28.9 Å². The van der Waals surface area contributed by atoms with E-state index in [0.29, 0.717) is 5.75 Å². The third-order valence-electron chi connectivity index (χ3n) is 3.77. The molecule has 1 heterocycles. The maximum Gasteiger partial charge on any atom is 0.234 e. The SMILES string of the molecule is CCc1ccc(NC(=O)CSc2nc(-c3ccccc3C)ns2)cc1. The molecule has 0 bridgehead atoms. The van der Waals surface area contributed by atoms with Crippen LogP contribution in [-0.2, 0) is 11.2 Å². The van der Waals surface area contributed by atoms with Crippen molar-refractivity contribution in [2.24, 2.45) is 0 Å². The maximum absolute atomic E-state index is 12.1. The molecule has 3 rings (SSSR count). The lowest BCUT2D eigenvalue weighted by Gasteiger charge is -2.05. The predicted octanol–water partition coefficient (Wildman–Crippen LogP) is 4.81. The van der Waals surface area contributed by atoms with Gasteiger partial charge in [-0.05, 0) is 48.1 Å². The molecule has 0 atom stereocenters. The number of rotatable bonds is 6. The minimum atomic E-state index is -0.0399. The molecule has 0 aliphatic rings. The standard InChI is InChI=1S/C19H19N3OS2/c1-3-14-8-10-15(11-9-14)20-17(23)12-24-19-21-18(22-25-19)16-7-5-4-6-13(16)2/h4-11H,3,12H2,1-2H3,(H,20,23). The van der Waals surface area contributed by atoms with Crippen molar-refractivity contribution in [3.8, 4) is 11.4 Å². The molecule has 4 nitrogen and oxygen atoms in total. The van der Waals surface area contributed by atoms with Crippen LogP contribution in [0.15, 0.2) is 52.9 Å². The topological polar surface area (TPSA) is 54.9 Å². The Morgan fingerprint density at radius 1 is 1.16 bits per heavy atom. The summed E-state index contributed by atoms with van der Waals surface area (Å²) < 4.78 is 5.21. The summed E-state index contributed by atoms with van der Waals surface area (Å²) >= 11 is 2.74. The number of carbonyl (C=O) groups excluding carboxylic acids is 1. The van der Waals surface area contributed by atoms with Gasteiger partial charge in [-0.25, -0.2) is 4.98 Å². The van der Waals surface area contributed by atoms with Gasteiger partial charge in [-0.1, -0.05) is 55.1 Å². The average Bonchev–Trinajstić information content (AvgIpc) is 3.10. The zero-order valence-electron chi connectivity index (χ0n) is 14.2. The van der Waals surface area contributed by atoms with Gasteiger partial charge in [-0.3, -0.25) is 4.79 Å². The first kappa shape index (κ1) is 17.6. The largest absolute Gasteiger partial charge is 0.325 e. The second-order valence-electron chi connectivity index (χ2n) is 5.59. The van der Waals surface area contributed by atoms with Crippen molar-refractivity contribution in [2.75, 3.05) is 11.1 Å². The predicted molar refractivity (Wildman–Crippen MR) is 105 cm³/mol. The number of carbonyl (C=O) groups is 1. The van der Waals surface area contributed by atoms with Gasteiger partial charge in [0.2, 0.25) is 5.91 Å². The zero-order chi connectivity index (χ0) is 17.6. The van der Waals surface area contributed by atoms with E-state index in [1.807, 2.05) is 55.5 Å². The normalized spacial score (nSPS) is 10.6. The van der Waals surface area contributed by atoms with Crippen LogP contribution in [0.2, 0.25) is 0 Å². The van der Waals surface area contributed by atoms with E-state index in [9.17, 15) is 4.79 Å². The summed E-state index contributed by atoms with van der Waals surface area (Å²) in [6, 6.07) is 16.0. The first-order chi connectivity index (χ1) is 12.2. The molecule has 0 fully saturated rings. The van der Waals surface area contributed by atoms with Gasteiger partial charge < -0.3 is 5.32 Å². The molecular formula is C19H19N3OS2. The molecule has 25 heavy (non-hydrogen) atoms. The number of anilines is 1. The number of aromatic nitrogens is 2. The molecule has 1 N–H and O–H groups in total. The number of hydrogen-bond acceptors (Lipinski definition) is 5. The maximum atomic E-state index is 12.1. The summed E-state index contributed by atoms with van der Waals surface area (Å²) in [5.41, 5.74) is 4.25. The Bertz CT molecular complexity index is 859. The monoisotopic (exact) mass is 369 g/mol. The molecule has 0 aliphatic heterocycles. The summed E-state index contributed by atoms with van der Waals surface area (Å²) in [5.74, 6) is 1.00. The highest BCUT2D eigenvalue weighted by Gasteiger charge is 2.11. The molecule has 0 saturated carbocycles.